The van der Waals surface area contributed by atoms with Gasteiger partial charge in [0.1, 0.15) is 11.6 Å². The van der Waals surface area contributed by atoms with Crippen LogP contribution in [0.2, 0.25) is 0 Å². The molecule has 2 aliphatic rings. The van der Waals surface area contributed by atoms with Crippen molar-refractivity contribution in [2.24, 2.45) is 0 Å². The molecule has 1 saturated heterocycles. The predicted molar refractivity (Wildman–Crippen MR) is 124 cm³/mol. The van der Waals surface area contributed by atoms with Crippen molar-refractivity contribution in [2.75, 3.05) is 37.7 Å². The van der Waals surface area contributed by atoms with Gasteiger partial charge in [-0.25, -0.2) is 14.2 Å². The summed E-state index contributed by atoms with van der Waals surface area (Å²) in [7, 11) is 0. The molecule has 0 radical (unpaired) electrons. The molecule has 5 rings (SSSR count). The number of amides is 2. The van der Waals surface area contributed by atoms with Gasteiger partial charge in [0.25, 0.3) is 0 Å². The number of benzene rings is 2. The Balaban J connectivity index is 1.38. The molecule has 0 atom stereocenters. The van der Waals surface area contributed by atoms with Crippen molar-refractivity contribution in [1.82, 2.24) is 20.2 Å². The summed E-state index contributed by atoms with van der Waals surface area (Å²) in [6.45, 7) is 3.95. The Morgan fingerprint density at radius 2 is 1.79 bits per heavy atom. The number of halogens is 1. The van der Waals surface area contributed by atoms with Crippen LogP contribution in [0.3, 0.4) is 0 Å². The fourth-order valence-corrected chi connectivity index (χ4v) is 4.03. The molecule has 1 aromatic heterocycles. The van der Waals surface area contributed by atoms with Crippen LogP contribution in [0.1, 0.15) is 16.8 Å². The molecule has 8 nitrogen and oxygen atoms in total. The maximum absolute atomic E-state index is 13.4. The van der Waals surface area contributed by atoms with Gasteiger partial charge in [0.05, 0.1) is 31.0 Å². The number of ether oxygens (including phenoxy) is 2. The fraction of sp³-hybridized carbons (Fsp3) is 0.320. The minimum Gasteiger partial charge on any atom is -0.438 e. The van der Waals surface area contributed by atoms with Crippen molar-refractivity contribution >= 4 is 12.0 Å². The number of carbonyl (C=O) groups is 1. The predicted octanol–water partition coefficient (Wildman–Crippen LogP) is 3.51. The van der Waals surface area contributed by atoms with E-state index in [1.54, 1.807) is 17.0 Å². The van der Waals surface area contributed by atoms with E-state index < -0.39 is 0 Å². The number of urea groups is 1. The van der Waals surface area contributed by atoms with Gasteiger partial charge in [0, 0.05) is 32.6 Å². The molecule has 2 aromatic carbocycles. The molecular weight excluding hydrogens is 437 g/mol. The van der Waals surface area contributed by atoms with Gasteiger partial charge in [-0.2, -0.15) is 4.98 Å². The number of nitrogens with zero attached hydrogens (tertiary/aromatic N) is 4. The van der Waals surface area contributed by atoms with Crippen molar-refractivity contribution in [3.05, 3.63) is 77.2 Å². The van der Waals surface area contributed by atoms with E-state index in [-0.39, 0.29) is 11.8 Å². The SMILES string of the molecule is O=C(NCc1ccccc1)N1CCc2nc(N3CCOCC3)nc(Oc3ccc(F)cc3)c2C1. The lowest BCUT2D eigenvalue weighted by molar-refractivity contribution is 0.122. The molecular formula is C25H26FN5O3. The summed E-state index contributed by atoms with van der Waals surface area (Å²) >= 11 is 0. The van der Waals surface area contributed by atoms with Crippen LogP contribution < -0.4 is 15.0 Å². The van der Waals surface area contributed by atoms with Crippen molar-refractivity contribution in [1.29, 1.82) is 0 Å². The van der Waals surface area contributed by atoms with Gasteiger partial charge in [-0.05, 0) is 29.8 Å². The molecule has 0 saturated carbocycles. The van der Waals surface area contributed by atoms with Crippen LogP contribution in [0.4, 0.5) is 15.1 Å². The van der Waals surface area contributed by atoms with Crippen LogP contribution in [-0.2, 0) is 24.2 Å². The monoisotopic (exact) mass is 463 g/mol. The largest absolute Gasteiger partial charge is 0.438 e. The van der Waals surface area contributed by atoms with Crippen LogP contribution >= 0.6 is 0 Å². The summed E-state index contributed by atoms with van der Waals surface area (Å²) in [5, 5.41) is 2.98. The number of carbonyl (C=O) groups excluding carboxylic acids is 1. The second kappa shape index (κ2) is 10.0. The summed E-state index contributed by atoms with van der Waals surface area (Å²) in [6, 6.07) is 15.4. The smallest absolute Gasteiger partial charge is 0.317 e. The first-order valence-corrected chi connectivity index (χ1v) is 11.4. The number of fused-ring (bicyclic) bond motifs is 1. The molecule has 9 heteroatoms. The van der Waals surface area contributed by atoms with Gasteiger partial charge in [-0.1, -0.05) is 30.3 Å². The van der Waals surface area contributed by atoms with Gasteiger partial charge in [0.2, 0.25) is 11.8 Å². The van der Waals surface area contributed by atoms with E-state index in [1.807, 2.05) is 30.3 Å². The van der Waals surface area contributed by atoms with E-state index >= 15 is 0 Å². The molecule has 0 bridgehead atoms. The van der Waals surface area contributed by atoms with Crippen LogP contribution in [0, 0.1) is 5.82 Å². The minimum atomic E-state index is -0.340. The highest BCUT2D eigenvalue weighted by Crippen LogP contribution is 2.31. The number of hydrogen-bond donors (Lipinski definition) is 1. The summed E-state index contributed by atoms with van der Waals surface area (Å²) in [5.41, 5.74) is 2.66. The molecule has 0 unspecified atom stereocenters. The third-order valence-electron chi connectivity index (χ3n) is 5.91. The molecule has 3 heterocycles. The van der Waals surface area contributed by atoms with Crippen LogP contribution in [0.5, 0.6) is 11.6 Å². The van der Waals surface area contributed by atoms with Gasteiger partial charge in [-0.3, -0.25) is 0 Å². The molecule has 1 N–H and O–H groups in total. The number of rotatable bonds is 5. The Bertz CT molecular complexity index is 1140. The first-order valence-electron chi connectivity index (χ1n) is 11.4. The normalized spacial score (nSPS) is 15.6. The molecule has 1 fully saturated rings. The Morgan fingerprint density at radius 3 is 2.56 bits per heavy atom. The summed E-state index contributed by atoms with van der Waals surface area (Å²) in [6.07, 6.45) is 0.591. The Kier molecular flexibility index (Phi) is 6.53. The second-order valence-electron chi connectivity index (χ2n) is 8.23. The maximum Gasteiger partial charge on any atom is 0.317 e. The molecule has 34 heavy (non-hydrogen) atoms. The molecule has 2 aliphatic heterocycles. The van der Waals surface area contributed by atoms with Crippen LogP contribution in [-0.4, -0.2) is 53.7 Å². The van der Waals surface area contributed by atoms with Crippen LogP contribution in [0.15, 0.2) is 54.6 Å². The standard InChI is InChI=1S/C25H26FN5O3/c26-19-6-8-20(9-7-19)34-23-21-17-31(25(32)27-16-18-4-2-1-3-5-18)11-10-22(21)28-24(29-23)30-12-14-33-15-13-30/h1-9H,10-17H2,(H,27,32). The molecule has 0 spiro atoms. The highest BCUT2D eigenvalue weighted by atomic mass is 19.1. The van der Waals surface area contributed by atoms with Crippen molar-refractivity contribution in [2.45, 2.75) is 19.5 Å². The lowest BCUT2D eigenvalue weighted by atomic mass is 10.1. The topological polar surface area (TPSA) is 79.8 Å². The summed E-state index contributed by atoms with van der Waals surface area (Å²) < 4.78 is 24.9. The zero-order chi connectivity index (χ0) is 23.3. The van der Waals surface area contributed by atoms with Gasteiger partial charge < -0.3 is 24.6 Å². The van der Waals surface area contributed by atoms with E-state index in [0.29, 0.717) is 69.9 Å². The second-order valence-corrected chi connectivity index (χ2v) is 8.23. The van der Waals surface area contributed by atoms with E-state index in [9.17, 15) is 9.18 Å². The Morgan fingerprint density at radius 1 is 1.03 bits per heavy atom. The van der Waals surface area contributed by atoms with Crippen molar-refractivity contribution in [3.63, 3.8) is 0 Å². The van der Waals surface area contributed by atoms with Crippen molar-refractivity contribution in [3.8, 4) is 11.6 Å². The summed E-state index contributed by atoms with van der Waals surface area (Å²) in [5.74, 6) is 1.10. The average Bonchev–Trinajstić information content (AvgIpc) is 2.89. The number of anilines is 1. The molecule has 176 valence electrons. The highest BCUT2D eigenvalue weighted by Gasteiger charge is 2.28. The lowest BCUT2D eigenvalue weighted by Gasteiger charge is -2.32. The zero-order valence-corrected chi connectivity index (χ0v) is 18.7. The average molecular weight is 464 g/mol. The van der Waals surface area contributed by atoms with Crippen LogP contribution in [0.25, 0.3) is 0 Å². The number of nitrogens with one attached hydrogen (secondary N) is 1. The highest BCUT2D eigenvalue weighted by molar-refractivity contribution is 5.74. The first kappa shape index (κ1) is 22.1. The quantitative estimate of drug-likeness (QED) is 0.624. The van der Waals surface area contributed by atoms with E-state index in [4.69, 9.17) is 19.4 Å². The molecule has 3 aromatic rings. The lowest BCUT2D eigenvalue weighted by Crippen LogP contribution is -2.43. The fourth-order valence-electron chi connectivity index (χ4n) is 4.03. The number of aromatic nitrogens is 2. The third kappa shape index (κ3) is 5.09. The molecule has 2 amide bonds. The van der Waals surface area contributed by atoms with Crippen molar-refractivity contribution < 1.29 is 18.7 Å². The van der Waals surface area contributed by atoms with E-state index in [2.05, 4.69) is 10.2 Å². The van der Waals surface area contributed by atoms with Gasteiger partial charge >= 0.3 is 6.03 Å². The first-order chi connectivity index (χ1) is 16.7. The van der Waals surface area contributed by atoms with E-state index in [0.717, 1.165) is 16.8 Å². The maximum atomic E-state index is 13.4. The molecule has 0 aliphatic carbocycles. The third-order valence-corrected chi connectivity index (χ3v) is 5.91. The Labute approximate surface area is 197 Å². The van der Waals surface area contributed by atoms with Gasteiger partial charge in [0.15, 0.2) is 0 Å². The summed E-state index contributed by atoms with van der Waals surface area (Å²) in [4.78, 5) is 26.2. The number of hydrogen-bond acceptors (Lipinski definition) is 6. The van der Waals surface area contributed by atoms with Gasteiger partial charge in [-0.15, -0.1) is 0 Å². The number of morpholine rings is 1. The zero-order valence-electron chi connectivity index (χ0n) is 18.7. The Hall–Kier alpha value is -3.72. The van der Waals surface area contributed by atoms with E-state index in [1.165, 1.54) is 12.1 Å². The minimum absolute atomic E-state index is 0.153.